The maximum atomic E-state index is 12.0. The average Bonchev–Trinajstić information content (AvgIpc) is 2.31. The first-order chi connectivity index (χ1) is 8.40. The van der Waals surface area contributed by atoms with Crippen LogP contribution in [0.3, 0.4) is 0 Å². The van der Waals surface area contributed by atoms with Gasteiger partial charge in [-0.3, -0.25) is 4.79 Å². The van der Waals surface area contributed by atoms with Crippen molar-refractivity contribution in [3.63, 3.8) is 0 Å². The molecule has 102 valence electrons. The molecule has 0 saturated carbocycles. The first kappa shape index (κ1) is 15.2. The molecule has 0 amide bonds. The molecule has 1 atom stereocenters. The minimum absolute atomic E-state index is 0.0818. The van der Waals surface area contributed by atoms with E-state index in [1.165, 1.54) is 7.11 Å². The molecule has 0 aliphatic heterocycles. The molecule has 1 heterocycles. The molecule has 1 aromatic heterocycles. The van der Waals surface area contributed by atoms with Crippen LogP contribution in [0.4, 0.5) is 0 Å². The van der Waals surface area contributed by atoms with Gasteiger partial charge in [-0.05, 0) is 12.5 Å². The van der Waals surface area contributed by atoms with Crippen LogP contribution in [0.1, 0.15) is 13.3 Å². The van der Waals surface area contributed by atoms with E-state index in [9.17, 15) is 13.2 Å². The van der Waals surface area contributed by atoms with Crippen LogP contribution in [-0.2, 0) is 14.8 Å². The van der Waals surface area contributed by atoms with E-state index in [4.69, 9.17) is 16.3 Å². The molecule has 1 rings (SSSR count). The summed E-state index contributed by atoms with van der Waals surface area (Å²) >= 11 is 5.59. The fraction of sp³-hybridized carbons (Fsp3) is 0.500. The zero-order valence-corrected chi connectivity index (χ0v) is 11.6. The minimum Gasteiger partial charge on any atom is -0.383 e. The van der Waals surface area contributed by atoms with Gasteiger partial charge in [-0.25, -0.2) is 13.1 Å². The number of nitrogens with one attached hydrogen (secondary N) is 2. The van der Waals surface area contributed by atoms with Crippen molar-refractivity contribution in [1.82, 2.24) is 9.71 Å². The number of sulfonamides is 1. The van der Waals surface area contributed by atoms with Gasteiger partial charge in [0.2, 0.25) is 10.0 Å². The van der Waals surface area contributed by atoms with Crippen molar-refractivity contribution < 1.29 is 13.2 Å². The zero-order chi connectivity index (χ0) is 13.8. The lowest BCUT2D eigenvalue weighted by Crippen LogP contribution is -2.37. The third-order valence-electron chi connectivity index (χ3n) is 2.32. The lowest BCUT2D eigenvalue weighted by atomic mass is 10.3. The van der Waals surface area contributed by atoms with Crippen molar-refractivity contribution in [2.24, 2.45) is 0 Å². The Labute approximate surface area is 110 Å². The number of pyridine rings is 1. The highest BCUT2D eigenvalue weighted by molar-refractivity contribution is 7.89. The predicted molar refractivity (Wildman–Crippen MR) is 68.3 cm³/mol. The smallest absolute Gasteiger partial charge is 0.266 e. The third-order valence-corrected chi connectivity index (χ3v) is 4.10. The van der Waals surface area contributed by atoms with Crippen LogP contribution in [0.25, 0.3) is 0 Å². The van der Waals surface area contributed by atoms with Gasteiger partial charge in [0.15, 0.2) is 0 Å². The predicted octanol–water partition coefficient (Wildman–Crippen LogP) is 0.732. The summed E-state index contributed by atoms with van der Waals surface area (Å²) < 4.78 is 31.4. The topological polar surface area (TPSA) is 88.3 Å². The molecule has 2 N–H and O–H groups in total. The fourth-order valence-corrected chi connectivity index (χ4v) is 2.85. The molecule has 1 unspecified atom stereocenters. The van der Waals surface area contributed by atoms with Crippen LogP contribution < -0.4 is 10.3 Å². The Morgan fingerprint density at radius 2 is 2.22 bits per heavy atom. The van der Waals surface area contributed by atoms with Gasteiger partial charge in [-0.15, -0.1) is 0 Å². The van der Waals surface area contributed by atoms with Crippen LogP contribution >= 0.6 is 11.6 Å². The number of aromatic nitrogens is 1. The molecule has 0 radical (unpaired) electrons. The van der Waals surface area contributed by atoms with E-state index in [1.807, 2.05) is 6.92 Å². The van der Waals surface area contributed by atoms with Crippen LogP contribution in [0, 0.1) is 0 Å². The van der Waals surface area contributed by atoms with Crippen molar-refractivity contribution in [2.45, 2.75) is 24.3 Å². The highest BCUT2D eigenvalue weighted by atomic mass is 35.5. The lowest BCUT2D eigenvalue weighted by Gasteiger charge is -2.15. The fourth-order valence-electron chi connectivity index (χ4n) is 1.32. The van der Waals surface area contributed by atoms with Gasteiger partial charge in [0.05, 0.1) is 11.5 Å². The molecule has 1 aromatic rings. The van der Waals surface area contributed by atoms with Gasteiger partial charge in [0.1, 0.15) is 5.02 Å². The van der Waals surface area contributed by atoms with E-state index < -0.39 is 15.6 Å². The first-order valence-electron chi connectivity index (χ1n) is 5.30. The molecule has 18 heavy (non-hydrogen) atoms. The Balaban J connectivity index is 2.98. The summed E-state index contributed by atoms with van der Waals surface area (Å²) in [5.41, 5.74) is -0.528. The maximum absolute atomic E-state index is 12.0. The number of ether oxygens (including phenoxy) is 1. The van der Waals surface area contributed by atoms with Crippen molar-refractivity contribution in [1.29, 1.82) is 0 Å². The second-order valence-electron chi connectivity index (χ2n) is 3.69. The lowest BCUT2D eigenvalue weighted by molar-refractivity contribution is 0.173. The number of aromatic amines is 1. The van der Waals surface area contributed by atoms with E-state index in [2.05, 4.69) is 9.71 Å². The Hall–Kier alpha value is -0.890. The molecular weight excluding hydrogens is 280 g/mol. The summed E-state index contributed by atoms with van der Waals surface area (Å²) in [5, 5.41) is -0.169. The quantitative estimate of drug-likeness (QED) is 0.809. The standard InChI is InChI=1S/C10H15ClN2O4S/c1-3-7(6-17-2)13-18(15,16)8-4-9(11)10(14)12-5-8/h4-5,7,13H,3,6H2,1-2H3,(H,12,14). The molecule has 0 saturated heterocycles. The summed E-state index contributed by atoms with van der Waals surface area (Å²) in [6, 6.07) is 0.785. The Morgan fingerprint density at radius 3 is 2.72 bits per heavy atom. The number of H-pyrrole nitrogens is 1. The van der Waals surface area contributed by atoms with E-state index in [0.29, 0.717) is 6.42 Å². The van der Waals surface area contributed by atoms with Crippen molar-refractivity contribution in [2.75, 3.05) is 13.7 Å². The van der Waals surface area contributed by atoms with Crippen LogP contribution in [0.15, 0.2) is 22.0 Å². The van der Waals surface area contributed by atoms with Crippen LogP contribution in [0.5, 0.6) is 0 Å². The zero-order valence-electron chi connectivity index (χ0n) is 10.1. The minimum atomic E-state index is -3.72. The normalized spacial score (nSPS) is 13.5. The number of rotatable bonds is 6. The van der Waals surface area contributed by atoms with Gasteiger partial charge < -0.3 is 9.72 Å². The average molecular weight is 295 g/mol. The Kier molecular flexibility index (Phi) is 5.33. The molecule has 0 fully saturated rings. The highest BCUT2D eigenvalue weighted by Gasteiger charge is 2.19. The van der Waals surface area contributed by atoms with E-state index in [0.717, 1.165) is 12.3 Å². The SMILES string of the molecule is CCC(COC)NS(=O)(=O)c1c[nH]c(=O)c(Cl)c1. The second-order valence-corrected chi connectivity index (χ2v) is 5.82. The summed E-state index contributed by atoms with van der Waals surface area (Å²) in [6.07, 6.45) is 1.69. The van der Waals surface area contributed by atoms with E-state index in [1.54, 1.807) is 0 Å². The first-order valence-corrected chi connectivity index (χ1v) is 7.16. The molecule has 8 heteroatoms. The number of hydrogen-bond acceptors (Lipinski definition) is 4. The van der Waals surface area contributed by atoms with Gasteiger partial charge >= 0.3 is 0 Å². The second kappa shape index (κ2) is 6.33. The molecule has 0 aliphatic rings. The number of methoxy groups -OCH3 is 1. The Morgan fingerprint density at radius 1 is 1.56 bits per heavy atom. The highest BCUT2D eigenvalue weighted by Crippen LogP contribution is 2.11. The summed E-state index contributed by atoms with van der Waals surface area (Å²) in [5.74, 6) is 0. The Bertz CT molecular complexity index is 555. The molecular formula is C10H15ClN2O4S. The van der Waals surface area contributed by atoms with Crippen LogP contribution in [0.2, 0.25) is 5.02 Å². The molecule has 0 bridgehead atoms. The van der Waals surface area contributed by atoms with Crippen molar-refractivity contribution >= 4 is 21.6 Å². The number of hydrogen-bond donors (Lipinski definition) is 2. The summed E-state index contributed by atoms with van der Waals surface area (Å²) in [6.45, 7) is 2.11. The van der Waals surface area contributed by atoms with Gasteiger partial charge in [0, 0.05) is 19.3 Å². The van der Waals surface area contributed by atoms with E-state index >= 15 is 0 Å². The van der Waals surface area contributed by atoms with Gasteiger partial charge in [0.25, 0.3) is 5.56 Å². The van der Waals surface area contributed by atoms with Gasteiger partial charge in [-0.1, -0.05) is 18.5 Å². The van der Waals surface area contributed by atoms with Crippen LogP contribution in [-0.4, -0.2) is 33.2 Å². The van der Waals surface area contributed by atoms with Gasteiger partial charge in [-0.2, -0.15) is 0 Å². The molecule has 0 aliphatic carbocycles. The molecule has 0 spiro atoms. The summed E-state index contributed by atoms with van der Waals surface area (Å²) in [7, 11) is -2.22. The number of halogens is 1. The van der Waals surface area contributed by atoms with Crippen molar-refractivity contribution in [3.05, 3.63) is 27.6 Å². The molecule has 6 nitrogen and oxygen atoms in total. The van der Waals surface area contributed by atoms with E-state index in [-0.39, 0.29) is 22.6 Å². The maximum Gasteiger partial charge on any atom is 0.266 e. The van der Waals surface area contributed by atoms with Crippen molar-refractivity contribution in [3.8, 4) is 0 Å². The monoisotopic (exact) mass is 294 g/mol. The largest absolute Gasteiger partial charge is 0.383 e. The molecule has 0 aromatic carbocycles. The summed E-state index contributed by atoms with van der Waals surface area (Å²) in [4.78, 5) is 13.2. The third kappa shape index (κ3) is 3.81.